The molecule has 10 nitrogen and oxygen atoms in total. The standard InChI is InChI=1S/C49H46Cl2N4O6/c1-27(2)42(19-32-10-13-34(14-11-32)39-16-17-52-29(4)28(39)3)54-48(56)43-21-36-22-44-45(23-37(36)24-55(43)49(57)47-30(5)60-31(6)53-47)61-46(26-59-44)35-8-7-9-38(20-35)58-25-33-12-15-40(50)41(51)18-33/h7-18,20,22-23,42-43,46H,1,19,21,24-26H2,2-6H3,(H,54,56)/t42-,43-,46+/m0/s1. The number of amides is 2. The summed E-state index contributed by atoms with van der Waals surface area (Å²) in [5.74, 6) is 1.86. The summed E-state index contributed by atoms with van der Waals surface area (Å²) < 4.78 is 24.6. The summed E-state index contributed by atoms with van der Waals surface area (Å²) >= 11 is 12.3. The van der Waals surface area contributed by atoms with Gasteiger partial charge in [0.2, 0.25) is 5.91 Å². The van der Waals surface area contributed by atoms with E-state index in [4.69, 9.17) is 41.8 Å². The molecular weight excluding hydrogens is 811 g/mol. The summed E-state index contributed by atoms with van der Waals surface area (Å²) in [4.78, 5) is 39.2. The molecule has 0 bridgehead atoms. The molecule has 6 aromatic rings. The average molecular weight is 858 g/mol. The van der Waals surface area contributed by atoms with Crippen molar-refractivity contribution in [2.24, 2.45) is 0 Å². The van der Waals surface area contributed by atoms with Gasteiger partial charge in [0.1, 0.15) is 30.8 Å². The molecule has 0 spiro atoms. The van der Waals surface area contributed by atoms with E-state index >= 15 is 0 Å². The van der Waals surface area contributed by atoms with Crippen LogP contribution in [0.25, 0.3) is 11.1 Å². The van der Waals surface area contributed by atoms with Crippen LogP contribution in [0.15, 0.2) is 108 Å². The monoisotopic (exact) mass is 856 g/mol. The van der Waals surface area contributed by atoms with Gasteiger partial charge in [0.05, 0.1) is 16.1 Å². The number of oxazole rings is 1. The van der Waals surface area contributed by atoms with Crippen LogP contribution in [0.1, 0.15) is 74.2 Å². The van der Waals surface area contributed by atoms with Crippen LogP contribution in [0.5, 0.6) is 17.2 Å². The maximum atomic E-state index is 14.5. The molecule has 8 rings (SSSR count). The first-order valence-corrected chi connectivity index (χ1v) is 20.9. The number of fused-ring (bicyclic) bond motifs is 2. The van der Waals surface area contributed by atoms with Gasteiger partial charge in [0.15, 0.2) is 29.2 Å². The second-order valence-electron chi connectivity index (χ2n) is 15.8. The van der Waals surface area contributed by atoms with Crippen LogP contribution in [0, 0.1) is 27.7 Å². The molecule has 1 N–H and O–H groups in total. The second kappa shape index (κ2) is 17.5. The summed E-state index contributed by atoms with van der Waals surface area (Å²) in [6.45, 7) is 14.3. The van der Waals surface area contributed by atoms with Crippen molar-refractivity contribution in [1.29, 1.82) is 0 Å². The van der Waals surface area contributed by atoms with Gasteiger partial charge in [-0.3, -0.25) is 14.6 Å². The van der Waals surface area contributed by atoms with Crippen molar-refractivity contribution in [3.05, 3.63) is 170 Å². The SMILES string of the molecule is C=C(C)[C@H](Cc1ccc(-c2ccnc(C)c2C)cc1)NC(=O)[C@@H]1Cc2cc3c(cc2CN1C(=O)c1nc(C)oc1C)O[C@@H](c1cccc(OCc2ccc(Cl)c(Cl)c2)c1)CO3. The lowest BCUT2D eigenvalue weighted by Gasteiger charge is -2.37. The third kappa shape index (κ3) is 9.02. The molecule has 0 fully saturated rings. The first kappa shape index (κ1) is 41.6. The number of pyridine rings is 1. The zero-order valence-electron chi connectivity index (χ0n) is 34.7. The fourth-order valence-corrected chi connectivity index (χ4v) is 8.17. The van der Waals surface area contributed by atoms with Crippen LogP contribution in [0.3, 0.4) is 0 Å². The van der Waals surface area contributed by atoms with Crippen LogP contribution in [-0.4, -0.2) is 45.4 Å². The molecule has 0 aliphatic carbocycles. The lowest BCUT2D eigenvalue weighted by atomic mass is 9.91. The Hall–Kier alpha value is -6.10. The van der Waals surface area contributed by atoms with Gasteiger partial charge in [0, 0.05) is 31.8 Å². The van der Waals surface area contributed by atoms with E-state index in [1.54, 1.807) is 30.9 Å². The molecule has 12 heteroatoms. The predicted octanol–water partition coefficient (Wildman–Crippen LogP) is 10.2. The smallest absolute Gasteiger partial charge is 0.277 e. The van der Waals surface area contributed by atoms with Gasteiger partial charge in [-0.15, -0.1) is 0 Å². The fourth-order valence-electron chi connectivity index (χ4n) is 7.85. The maximum Gasteiger partial charge on any atom is 0.277 e. The van der Waals surface area contributed by atoms with E-state index in [1.165, 1.54) is 0 Å². The van der Waals surface area contributed by atoms with Crippen LogP contribution >= 0.6 is 23.2 Å². The second-order valence-corrected chi connectivity index (χ2v) is 16.6. The number of carbonyl (C=O) groups is 2. The normalized spacial score (nSPS) is 16.1. The summed E-state index contributed by atoms with van der Waals surface area (Å²) in [6.07, 6.45) is 2.19. The van der Waals surface area contributed by atoms with E-state index in [9.17, 15) is 9.59 Å². The number of aryl methyl sites for hydroxylation is 3. The highest BCUT2D eigenvalue weighted by molar-refractivity contribution is 6.42. The van der Waals surface area contributed by atoms with E-state index in [0.717, 1.165) is 55.8 Å². The molecular formula is C49H46Cl2N4O6. The number of nitrogens with zero attached hydrogens (tertiary/aromatic N) is 3. The molecule has 0 unspecified atom stereocenters. The third-order valence-corrected chi connectivity index (χ3v) is 12.2. The Morgan fingerprint density at radius 1 is 0.934 bits per heavy atom. The number of benzene rings is 4. The van der Waals surface area contributed by atoms with Gasteiger partial charge < -0.3 is 28.8 Å². The first-order chi connectivity index (χ1) is 29.3. The molecule has 61 heavy (non-hydrogen) atoms. The molecule has 2 amide bonds. The molecule has 2 aromatic heterocycles. The minimum atomic E-state index is -0.847. The van der Waals surface area contributed by atoms with Crippen molar-refractivity contribution < 1.29 is 28.2 Å². The molecule has 0 radical (unpaired) electrons. The summed E-state index contributed by atoms with van der Waals surface area (Å²) in [7, 11) is 0. The van der Waals surface area contributed by atoms with Gasteiger partial charge in [-0.1, -0.05) is 77.8 Å². The topological polar surface area (TPSA) is 116 Å². The number of hydrogen-bond donors (Lipinski definition) is 1. The Bertz CT molecular complexity index is 2660. The van der Waals surface area contributed by atoms with Crippen LogP contribution in [0.2, 0.25) is 10.0 Å². The molecule has 2 aliphatic heterocycles. The molecule has 4 aromatic carbocycles. The Kier molecular flexibility index (Phi) is 11.9. The van der Waals surface area contributed by atoms with Crippen LogP contribution < -0.4 is 19.5 Å². The number of hydrogen-bond acceptors (Lipinski definition) is 8. The number of rotatable bonds is 11. The molecule has 0 saturated heterocycles. The lowest BCUT2D eigenvalue weighted by Crippen LogP contribution is -2.55. The molecule has 0 saturated carbocycles. The summed E-state index contributed by atoms with van der Waals surface area (Å²) in [6, 6.07) is 26.1. The van der Waals surface area contributed by atoms with Gasteiger partial charge in [-0.2, -0.15) is 0 Å². The number of halogens is 2. The Morgan fingerprint density at radius 2 is 1.70 bits per heavy atom. The third-order valence-electron chi connectivity index (χ3n) is 11.4. The van der Waals surface area contributed by atoms with Crippen molar-refractivity contribution in [3.63, 3.8) is 0 Å². The van der Waals surface area contributed by atoms with E-state index in [0.29, 0.717) is 52.0 Å². The molecule has 312 valence electrons. The Labute approximate surface area is 365 Å². The zero-order valence-corrected chi connectivity index (χ0v) is 36.2. The largest absolute Gasteiger partial charge is 0.489 e. The number of aromatic nitrogens is 2. The Balaban J connectivity index is 1.01. The highest BCUT2D eigenvalue weighted by Crippen LogP contribution is 2.41. The quantitative estimate of drug-likeness (QED) is 0.128. The van der Waals surface area contributed by atoms with Gasteiger partial charge >= 0.3 is 0 Å². The fraction of sp³-hybridized carbons (Fsp3) is 0.265. The first-order valence-electron chi connectivity index (χ1n) is 20.2. The van der Waals surface area contributed by atoms with Crippen molar-refractivity contribution in [1.82, 2.24) is 20.2 Å². The van der Waals surface area contributed by atoms with E-state index in [1.807, 2.05) is 68.6 Å². The van der Waals surface area contributed by atoms with Crippen molar-refractivity contribution in [3.8, 4) is 28.4 Å². The summed E-state index contributed by atoms with van der Waals surface area (Å²) in [5.41, 5.74) is 9.88. The highest BCUT2D eigenvalue weighted by Gasteiger charge is 2.39. The highest BCUT2D eigenvalue weighted by atomic mass is 35.5. The molecule has 3 atom stereocenters. The van der Waals surface area contributed by atoms with Gasteiger partial charge in [-0.05, 0) is 121 Å². The van der Waals surface area contributed by atoms with E-state index in [-0.39, 0.29) is 37.2 Å². The van der Waals surface area contributed by atoms with E-state index < -0.39 is 18.1 Å². The van der Waals surface area contributed by atoms with Crippen molar-refractivity contribution >= 4 is 35.0 Å². The minimum absolute atomic E-state index is 0.143. The number of carbonyl (C=O) groups excluding carboxylic acids is 2. The van der Waals surface area contributed by atoms with E-state index in [2.05, 4.69) is 53.1 Å². The van der Waals surface area contributed by atoms with Gasteiger partial charge in [-0.25, -0.2) is 4.98 Å². The number of nitrogens with one attached hydrogen (secondary N) is 1. The lowest BCUT2D eigenvalue weighted by molar-refractivity contribution is -0.126. The maximum absolute atomic E-state index is 14.5. The molecule has 4 heterocycles. The van der Waals surface area contributed by atoms with Crippen LogP contribution in [-0.2, 0) is 30.8 Å². The average Bonchev–Trinajstić information content (AvgIpc) is 3.60. The Morgan fingerprint density at radius 3 is 2.44 bits per heavy atom. The van der Waals surface area contributed by atoms with Crippen molar-refractivity contribution in [2.75, 3.05) is 6.61 Å². The zero-order chi connectivity index (χ0) is 42.9. The minimum Gasteiger partial charge on any atom is -0.489 e. The van der Waals surface area contributed by atoms with Crippen molar-refractivity contribution in [2.45, 2.75) is 78.8 Å². The van der Waals surface area contributed by atoms with Gasteiger partial charge in [0.25, 0.3) is 5.91 Å². The summed E-state index contributed by atoms with van der Waals surface area (Å²) in [5, 5.41) is 4.19. The predicted molar refractivity (Wildman–Crippen MR) is 235 cm³/mol. The molecule has 2 aliphatic rings. The number of ether oxygens (including phenoxy) is 3. The van der Waals surface area contributed by atoms with Crippen LogP contribution in [0.4, 0.5) is 0 Å².